The Balaban J connectivity index is 0.000001000. The second-order valence-electron chi connectivity index (χ2n) is 3.53. The Kier molecular flexibility index (Phi) is 4.69. The van der Waals surface area contributed by atoms with E-state index < -0.39 is 0 Å². The van der Waals surface area contributed by atoms with E-state index in [1.165, 1.54) is 25.7 Å². The van der Waals surface area contributed by atoms with Crippen LogP contribution < -0.4 is 5.73 Å². The number of nitrogens with two attached hydrogens (primary N) is 1. The molecule has 2 nitrogen and oxygen atoms in total. The molecule has 1 aliphatic carbocycles. The lowest BCUT2D eigenvalue weighted by atomic mass is 9.91. The summed E-state index contributed by atoms with van der Waals surface area (Å²) in [4.78, 5) is 2.31. The second-order valence-corrected chi connectivity index (χ2v) is 3.53. The van der Waals surface area contributed by atoms with Crippen molar-refractivity contribution in [2.75, 3.05) is 14.1 Å². The van der Waals surface area contributed by atoms with Gasteiger partial charge in [0.2, 0.25) is 0 Å². The highest BCUT2D eigenvalue weighted by atomic mass is 15.1. The minimum atomic E-state index is 0. The van der Waals surface area contributed by atoms with Gasteiger partial charge in [-0.05, 0) is 39.8 Å². The average Bonchev–Trinajstić information content (AvgIpc) is 1.88. The van der Waals surface area contributed by atoms with E-state index in [-0.39, 0.29) is 7.43 Å². The molecule has 11 heavy (non-hydrogen) atoms. The summed E-state index contributed by atoms with van der Waals surface area (Å²) in [7, 11) is 4.31. The largest absolute Gasteiger partial charge is 0.328 e. The van der Waals surface area contributed by atoms with Crippen molar-refractivity contribution in [3.8, 4) is 0 Å². The van der Waals surface area contributed by atoms with E-state index in [1.54, 1.807) is 0 Å². The summed E-state index contributed by atoms with van der Waals surface area (Å²) in [5, 5.41) is 0. The number of hydrogen-bond acceptors (Lipinski definition) is 2. The van der Waals surface area contributed by atoms with Gasteiger partial charge in [0.25, 0.3) is 0 Å². The molecule has 1 fully saturated rings. The normalized spacial score (nSPS) is 31.6. The first-order chi connectivity index (χ1) is 4.70. The van der Waals surface area contributed by atoms with Gasteiger partial charge in [0.1, 0.15) is 0 Å². The zero-order valence-corrected chi connectivity index (χ0v) is 7.01. The third-order valence-corrected chi connectivity index (χ3v) is 2.47. The van der Waals surface area contributed by atoms with Crippen LogP contribution in [0.5, 0.6) is 0 Å². The lowest BCUT2D eigenvalue weighted by Crippen LogP contribution is -2.36. The molecule has 2 heteroatoms. The summed E-state index contributed by atoms with van der Waals surface area (Å²) in [6, 6.07) is 1.27. The lowest BCUT2D eigenvalue weighted by Gasteiger charge is -2.30. The van der Waals surface area contributed by atoms with E-state index >= 15 is 0 Å². The van der Waals surface area contributed by atoms with Crippen molar-refractivity contribution in [3.05, 3.63) is 0 Å². The molecule has 1 saturated carbocycles. The molecular weight excluding hydrogens is 136 g/mol. The van der Waals surface area contributed by atoms with Gasteiger partial charge in [-0.3, -0.25) is 0 Å². The second kappa shape index (κ2) is 4.73. The molecule has 0 saturated heterocycles. The predicted octanol–water partition coefficient (Wildman–Crippen LogP) is 1.45. The predicted molar refractivity (Wildman–Crippen MR) is 50.6 cm³/mol. The van der Waals surface area contributed by atoms with Crippen molar-refractivity contribution >= 4 is 0 Å². The lowest BCUT2D eigenvalue weighted by molar-refractivity contribution is 0.217. The van der Waals surface area contributed by atoms with Crippen LogP contribution in [-0.4, -0.2) is 31.1 Å². The van der Waals surface area contributed by atoms with Gasteiger partial charge in [0.05, 0.1) is 0 Å². The highest BCUT2D eigenvalue weighted by Crippen LogP contribution is 2.19. The van der Waals surface area contributed by atoms with E-state index in [2.05, 4.69) is 19.0 Å². The van der Waals surface area contributed by atoms with Crippen molar-refractivity contribution < 1.29 is 0 Å². The Morgan fingerprint density at radius 2 is 1.55 bits per heavy atom. The quantitative estimate of drug-likeness (QED) is 0.626. The van der Waals surface area contributed by atoms with Crippen LogP contribution in [0.3, 0.4) is 0 Å². The van der Waals surface area contributed by atoms with Crippen LogP contribution in [0.15, 0.2) is 0 Å². The van der Waals surface area contributed by atoms with Crippen LogP contribution in [0.2, 0.25) is 0 Å². The Hall–Kier alpha value is -0.0800. The highest BCUT2D eigenvalue weighted by Gasteiger charge is 2.19. The van der Waals surface area contributed by atoms with Crippen LogP contribution in [0.4, 0.5) is 0 Å². The summed E-state index contributed by atoms with van der Waals surface area (Å²) >= 11 is 0. The maximum Gasteiger partial charge on any atom is 0.00903 e. The highest BCUT2D eigenvalue weighted by molar-refractivity contribution is 4.78. The standard InChI is InChI=1S/C8H18N2.CH4/c1-10(2)8-5-3-7(9)4-6-8;/h7-8H,3-6,9H2,1-2H3;1H4. The molecule has 0 aromatic heterocycles. The molecule has 0 atom stereocenters. The fourth-order valence-corrected chi connectivity index (χ4v) is 1.62. The minimum Gasteiger partial charge on any atom is -0.328 e. The van der Waals surface area contributed by atoms with E-state index in [0.29, 0.717) is 6.04 Å². The van der Waals surface area contributed by atoms with Crippen LogP contribution in [-0.2, 0) is 0 Å². The van der Waals surface area contributed by atoms with Gasteiger partial charge in [0, 0.05) is 12.1 Å². The first kappa shape index (κ1) is 10.9. The first-order valence-electron chi connectivity index (χ1n) is 4.12. The average molecular weight is 158 g/mol. The Morgan fingerprint density at radius 1 is 1.09 bits per heavy atom. The Morgan fingerprint density at radius 3 is 1.91 bits per heavy atom. The monoisotopic (exact) mass is 158 g/mol. The van der Waals surface area contributed by atoms with Crippen LogP contribution in [0.1, 0.15) is 33.1 Å². The minimum absolute atomic E-state index is 0. The van der Waals surface area contributed by atoms with Crippen molar-refractivity contribution in [2.24, 2.45) is 5.73 Å². The Labute approximate surface area is 70.8 Å². The van der Waals surface area contributed by atoms with Gasteiger partial charge in [-0.1, -0.05) is 7.43 Å². The van der Waals surface area contributed by atoms with E-state index in [0.717, 1.165) is 6.04 Å². The molecule has 0 aromatic rings. The maximum absolute atomic E-state index is 5.78. The zero-order chi connectivity index (χ0) is 7.56. The van der Waals surface area contributed by atoms with Crippen molar-refractivity contribution in [1.82, 2.24) is 4.90 Å². The summed E-state index contributed by atoms with van der Waals surface area (Å²) in [5.74, 6) is 0. The number of hydrogen-bond donors (Lipinski definition) is 1. The molecule has 1 rings (SSSR count). The molecule has 0 unspecified atom stereocenters. The van der Waals surface area contributed by atoms with Crippen LogP contribution in [0.25, 0.3) is 0 Å². The zero-order valence-electron chi connectivity index (χ0n) is 7.01. The number of rotatable bonds is 1. The molecule has 0 radical (unpaired) electrons. The van der Waals surface area contributed by atoms with Crippen molar-refractivity contribution in [1.29, 1.82) is 0 Å². The summed E-state index contributed by atoms with van der Waals surface area (Å²) in [6.07, 6.45) is 4.99. The molecule has 0 aliphatic heterocycles. The van der Waals surface area contributed by atoms with Gasteiger partial charge >= 0.3 is 0 Å². The third-order valence-electron chi connectivity index (χ3n) is 2.47. The molecule has 0 spiro atoms. The van der Waals surface area contributed by atoms with Gasteiger partial charge in [-0.15, -0.1) is 0 Å². The molecule has 2 N–H and O–H groups in total. The van der Waals surface area contributed by atoms with Gasteiger partial charge in [0.15, 0.2) is 0 Å². The molecule has 1 aliphatic rings. The van der Waals surface area contributed by atoms with Crippen molar-refractivity contribution in [2.45, 2.75) is 45.2 Å². The summed E-state index contributed by atoms with van der Waals surface area (Å²) in [6.45, 7) is 0. The van der Waals surface area contributed by atoms with Gasteiger partial charge < -0.3 is 10.6 Å². The molecule has 68 valence electrons. The van der Waals surface area contributed by atoms with E-state index in [4.69, 9.17) is 5.73 Å². The maximum atomic E-state index is 5.78. The van der Waals surface area contributed by atoms with Crippen LogP contribution in [0, 0.1) is 0 Å². The smallest absolute Gasteiger partial charge is 0.00903 e. The molecule has 0 heterocycles. The topological polar surface area (TPSA) is 29.3 Å². The first-order valence-corrected chi connectivity index (χ1v) is 4.12. The summed E-state index contributed by atoms with van der Waals surface area (Å²) < 4.78 is 0. The fraction of sp³-hybridized carbons (Fsp3) is 1.00. The molecule has 0 aromatic carbocycles. The Bertz CT molecular complexity index is 93.7. The van der Waals surface area contributed by atoms with E-state index in [9.17, 15) is 0 Å². The molecule has 0 bridgehead atoms. The van der Waals surface area contributed by atoms with E-state index in [1.807, 2.05) is 0 Å². The third kappa shape index (κ3) is 3.21. The van der Waals surface area contributed by atoms with Crippen LogP contribution >= 0.6 is 0 Å². The SMILES string of the molecule is C.CN(C)C1CCC(N)CC1. The van der Waals surface area contributed by atoms with Gasteiger partial charge in [-0.25, -0.2) is 0 Å². The van der Waals surface area contributed by atoms with Crippen molar-refractivity contribution in [3.63, 3.8) is 0 Å². The molecule has 0 amide bonds. The molecular formula is C9H22N2. The number of nitrogens with zero attached hydrogens (tertiary/aromatic N) is 1. The fourth-order valence-electron chi connectivity index (χ4n) is 1.62. The summed E-state index contributed by atoms with van der Waals surface area (Å²) in [5.41, 5.74) is 5.78. The van der Waals surface area contributed by atoms with Gasteiger partial charge in [-0.2, -0.15) is 0 Å².